The topological polar surface area (TPSA) is 107 Å². The summed E-state index contributed by atoms with van der Waals surface area (Å²) < 4.78 is 4.87. The van der Waals surface area contributed by atoms with Gasteiger partial charge in [-0.1, -0.05) is 19.4 Å². The van der Waals surface area contributed by atoms with Crippen LogP contribution in [0, 0.1) is 11.3 Å². The van der Waals surface area contributed by atoms with Crippen LogP contribution in [0.2, 0.25) is 0 Å². The molecule has 2 atom stereocenters. The molecule has 0 bridgehead atoms. The van der Waals surface area contributed by atoms with Crippen LogP contribution < -0.4 is 10.2 Å². The summed E-state index contributed by atoms with van der Waals surface area (Å²) in [6, 6.07) is 0. The van der Waals surface area contributed by atoms with Crippen molar-refractivity contribution in [1.29, 1.82) is 0 Å². The van der Waals surface area contributed by atoms with Crippen LogP contribution >= 0.6 is 0 Å². The quantitative estimate of drug-likeness (QED) is 0.465. The monoisotopic (exact) mass is 282 g/mol. The Morgan fingerprint density at radius 2 is 1.95 bits per heavy atom. The molecule has 0 aromatic heterocycles. The highest BCUT2D eigenvalue weighted by atomic mass is 16.5. The fourth-order valence-electron chi connectivity index (χ4n) is 2.68. The Bertz CT molecular complexity index is 427. The van der Waals surface area contributed by atoms with Gasteiger partial charge in [0.1, 0.15) is 0 Å². The van der Waals surface area contributed by atoms with Crippen LogP contribution in [-0.2, 0) is 19.1 Å². The zero-order valence-electron chi connectivity index (χ0n) is 11.5. The Kier molecular flexibility index (Phi) is 5.30. The van der Waals surface area contributed by atoms with Gasteiger partial charge in [0.2, 0.25) is 0 Å². The molecule has 1 aliphatic rings. The summed E-state index contributed by atoms with van der Waals surface area (Å²) in [4.78, 5) is 33.9. The van der Waals surface area contributed by atoms with Crippen LogP contribution in [0.25, 0.3) is 0 Å². The zero-order chi connectivity index (χ0) is 15.3. The van der Waals surface area contributed by atoms with Gasteiger partial charge in [-0.2, -0.15) is 0 Å². The van der Waals surface area contributed by atoms with Crippen LogP contribution in [0.5, 0.6) is 0 Å². The average Bonchev–Trinajstić information content (AvgIpc) is 2.38. The molecule has 0 spiro atoms. The SMILES string of the molecule is C=C(C)C(=O)OCCC1(C(=O)[O-])CCCCC1C(=O)[O-]. The first kappa shape index (κ1) is 16.2. The zero-order valence-corrected chi connectivity index (χ0v) is 11.5. The molecule has 1 saturated carbocycles. The molecular weight excluding hydrogens is 264 g/mol. The van der Waals surface area contributed by atoms with Gasteiger partial charge in [0.15, 0.2) is 0 Å². The van der Waals surface area contributed by atoms with Crippen molar-refractivity contribution in [2.45, 2.75) is 39.0 Å². The largest absolute Gasteiger partial charge is 0.550 e. The van der Waals surface area contributed by atoms with Crippen molar-refractivity contribution in [1.82, 2.24) is 0 Å². The van der Waals surface area contributed by atoms with Crippen LogP contribution in [0.3, 0.4) is 0 Å². The maximum absolute atomic E-state index is 11.4. The average molecular weight is 282 g/mol. The standard InChI is InChI=1S/C14H20O6/c1-9(2)12(17)20-8-7-14(13(18)19)6-4-3-5-10(14)11(15)16/h10H,1,3-8H2,2H3,(H,15,16)(H,18,19)/p-2. The molecule has 0 radical (unpaired) electrons. The second-order valence-corrected chi connectivity index (χ2v) is 5.23. The lowest BCUT2D eigenvalue weighted by molar-refractivity contribution is -0.338. The molecule has 0 aliphatic heterocycles. The molecule has 1 rings (SSSR count). The van der Waals surface area contributed by atoms with E-state index in [2.05, 4.69) is 6.58 Å². The normalized spacial score (nSPS) is 25.8. The van der Waals surface area contributed by atoms with Gasteiger partial charge in [-0.3, -0.25) is 0 Å². The third kappa shape index (κ3) is 3.37. The maximum atomic E-state index is 11.4. The number of carboxylic acids is 2. The van der Waals surface area contributed by atoms with E-state index in [9.17, 15) is 24.6 Å². The number of carbonyl (C=O) groups excluding carboxylic acids is 3. The molecule has 0 amide bonds. The molecule has 0 aromatic rings. The lowest BCUT2D eigenvalue weighted by Crippen LogP contribution is -2.54. The summed E-state index contributed by atoms with van der Waals surface area (Å²) in [5.41, 5.74) is -1.32. The van der Waals surface area contributed by atoms with E-state index in [-0.39, 0.29) is 31.4 Å². The van der Waals surface area contributed by atoms with E-state index < -0.39 is 29.2 Å². The van der Waals surface area contributed by atoms with Crippen molar-refractivity contribution in [3.63, 3.8) is 0 Å². The molecule has 112 valence electrons. The Balaban J connectivity index is 2.80. The molecule has 0 heterocycles. The highest BCUT2D eigenvalue weighted by molar-refractivity contribution is 5.87. The number of aliphatic carboxylic acids is 2. The molecular formula is C14H18O6-2. The summed E-state index contributed by atoms with van der Waals surface area (Å²) >= 11 is 0. The molecule has 2 unspecified atom stereocenters. The fourth-order valence-corrected chi connectivity index (χ4v) is 2.68. The van der Waals surface area contributed by atoms with Gasteiger partial charge < -0.3 is 24.5 Å². The van der Waals surface area contributed by atoms with E-state index in [1.54, 1.807) is 0 Å². The number of hydrogen-bond acceptors (Lipinski definition) is 6. The first-order valence-electron chi connectivity index (χ1n) is 6.56. The van der Waals surface area contributed by atoms with E-state index in [0.29, 0.717) is 12.8 Å². The lowest BCUT2D eigenvalue weighted by atomic mass is 9.64. The van der Waals surface area contributed by atoms with Crippen molar-refractivity contribution < 1.29 is 29.3 Å². The minimum absolute atomic E-state index is 0.0903. The Hall–Kier alpha value is -1.85. The summed E-state index contributed by atoms with van der Waals surface area (Å²) in [7, 11) is 0. The van der Waals surface area contributed by atoms with E-state index in [0.717, 1.165) is 0 Å². The van der Waals surface area contributed by atoms with Crippen molar-refractivity contribution in [3.05, 3.63) is 12.2 Å². The number of rotatable bonds is 6. The molecule has 20 heavy (non-hydrogen) atoms. The van der Waals surface area contributed by atoms with Gasteiger partial charge in [0, 0.05) is 28.8 Å². The second-order valence-electron chi connectivity index (χ2n) is 5.23. The smallest absolute Gasteiger partial charge is 0.333 e. The van der Waals surface area contributed by atoms with Crippen LogP contribution in [0.1, 0.15) is 39.0 Å². The van der Waals surface area contributed by atoms with Crippen LogP contribution in [0.15, 0.2) is 12.2 Å². The van der Waals surface area contributed by atoms with Gasteiger partial charge in [0.05, 0.1) is 6.61 Å². The third-order valence-corrected chi connectivity index (χ3v) is 3.85. The Labute approximate surface area is 117 Å². The maximum Gasteiger partial charge on any atom is 0.333 e. The molecule has 6 heteroatoms. The van der Waals surface area contributed by atoms with Crippen molar-refractivity contribution >= 4 is 17.9 Å². The van der Waals surface area contributed by atoms with Gasteiger partial charge >= 0.3 is 5.97 Å². The van der Waals surface area contributed by atoms with Gasteiger partial charge in [-0.05, 0) is 26.2 Å². The summed E-state index contributed by atoms with van der Waals surface area (Å²) in [6.45, 7) is 4.71. The Morgan fingerprint density at radius 1 is 1.30 bits per heavy atom. The molecule has 1 aliphatic carbocycles. The highest BCUT2D eigenvalue weighted by Crippen LogP contribution is 2.43. The Morgan fingerprint density at radius 3 is 2.45 bits per heavy atom. The summed E-state index contributed by atoms with van der Waals surface area (Å²) in [5, 5.41) is 22.6. The predicted octanol–water partition coefficient (Wildman–Crippen LogP) is -0.828. The van der Waals surface area contributed by atoms with Gasteiger partial charge in [0.25, 0.3) is 0 Å². The number of hydrogen-bond donors (Lipinski definition) is 0. The van der Waals surface area contributed by atoms with E-state index >= 15 is 0 Å². The van der Waals surface area contributed by atoms with E-state index in [1.807, 2.05) is 0 Å². The number of carboxylic acid groups (broad SMARTS) is 2. The fraction of sp³-hybridized carbons (Fsp3) is 0.643. The molecule has 0 aromatic carbocycles. The van der Waals surface area contributed by atoms with E-state index in [1.165, 1.54) is 6.92 Å². The summed E-state index contributed by atoms with van der Waals surface area (Å²) in [6.07, 6.45) is 1.59. The summed E-state index contributed by atoms with van der Waals surface area (Å²) in [5.74, 6) is -4.54. The minimum atomic E-state index is -1.52. The van der Waals surface area contributed by atoms with Gasteiger partial charge in [-0.15, -0.1) is 0 Å². The molecule has 6 nitrogen and oxygen atoms in total. The highest BCUT2D eigenvalue weighted by Gasteiger charge is 2.42. The predicted molar refractivity (Wildman–Crippen MR) is 64.8 cm³/mol. The number of carbonyl (C=O) groups is 3. The molecule has 0 saturated heterocycles. The number of ether oxygens (including phenoxy) is 1. The molecule has 0 N–H and O–H groups in total. The van der Waals surface area contributed by atoms with Crippen molar-refractivity contribution in [3.8, 4) is 0 Å². The van der Waals surface area contributed by atoms with Crippen LogP contribution in [0.4, 0.5) is 0 Å². The minimum Gasteiger partial charge on any atom is -0.550 e. The first-order valence-corrected chi connectivity index (χ1v) is 6.56. The third-order valence-electron chi connectivity index (χ3n) is 3.85. The van der Waals surface area contributed by atoms with Crippen LogP contribution in [-0.4, -0.2) is 24.5 Å². The first-order chi connectivity index (χ1) is 9.31. The van der Waals surface area contributed by atoms with Crippen molar-refractivity contribution in [2.24, 2.45) is 11.3 Å². The van der Waals surface area contributed by atoms with Gasteiger partial charge in [-0.25, -0.2) is 4.79 Å². The molecule has 1 fully saturated rings. The number of esters is 1. The lowest BCUT2D eigenvalue weighted by Gasteiger charge is -2.45. The van der Waals surface area contributed by atoms with Crippen molar-refractivity contribution in [2.75, 3.05) is 6.61 Å². The van der Waals surface area contributed by atoms with E-state index in [4.69, 9.17) is 4.74 Å². The second kappa shape index (κ2) is 6.54.